The molecule has 0 radical (unpaired) electrons. The van der Waals surface area contributed by atoms with Crippen molar-refractivity contribution in [3.8, 4) is 12.3 Å². The predicted octanol–water partition coefficient (Wildman–Crippen LogP) is 0.887. The number of fused-ring (bicyclic) bond motifs is 1. The van der Waals surface area contributed by atoms with Crippen molar-refractivity contribution in [1.29, 1.82) is 0 Å². The van der Waals surface area contributed by atoms with E-state index in [0.717, 1.165) is 58.6 Å². The Bertz CT molecular complexity index is 1640. The number of hydrogen-bond donors (Lipinski definition) is 4. The number of hydrogen-bond acceptors (Lipinski definition) is 7. The Morgan fingerprint density at radius 2 is 1.86 bits per heavy atom. The van der Waals surface area contributed by atoms with Crippen molar-refractivity contribution >= 4 is 34.0 Å². The van der Waals surface area contributed by atoms with E-state index in [4.69, 9.17) is 6.42 Å². The molecular weight excluding hydrogens is 755 g/mol. The van der Waals surface area contributed by atoms with Crippen LogP contribution in [0.3, 0.4) is 0 Å². The molecule has 51 heavy (non-hydrogen) atoms. The van der Waals surface area contributed by atoms with Gasteiger partial charge in [-0.15, -0.1) is 0 Å². The van der Waals surface area contributed by atoms with E-state index in [9.17, 15) is 24.9 Å². The van der Waals surface area contributed by atoms with Crippen LogP contribution in [0.25, 0.3) is 10.8 Å². The quantitative estimate of drug-likeness (QED) is 0.0812. The molecule has 0 aliphatic heterocycles. The van der Waals surface area contributed by atoms with Crippen LogP contribution in [0, 0.1) is 24.2 Å². The summed E-state index contributed by atoms with van der Waals surface area (Å²) in [6, 6.07) is 10.1. The fraction of sp³-hybridized carbons (Fsp3) is 0.537. The van der Waals surface area contributed by atoms with Crippen LogP contribution in [0.2, 0.25) is 0 Å². The summed E-state index contributed by atoms with van der Waals surface area (Å²) in [6.07, 6.45) is 18.6. The van der Waals surface area contributed by atoms with E-state index in [-0.39, 0.29) is 36.3 Å². The van der Waals surface area contributed by atoms with E-state index in [1.807, 2.05) is 56.5 Å². The van der Waals surface area contributed by atoms with E-state index in [1.165, 1.54) is 6.42 Å². The molecule has 2 amide bonds. The Morgan fingerprint density at radius 1 is 1.12 bits per heavy atom. The van der Waals surface area contributed by atoms with E-state index in [2.05, 4.69) is 33.0 Å². The van der Waals surface area contributed by atoms with Gasteiger partial charge >= 0.3 is 315 Å². The van der Waals surface area contributed by atoms with Gasteiger partial charge in [0, 0.05) is 0 Å². The third kappa shape index (κ3) is 13.0. The van der Waals surface area contributed by atoms with E-state index >= 15 is 0 Å². The maximum absolute atomic E-state index is 14.0. The molecule has 2 aliphatic carbocycles. The van der Waals surface area contributed by atoms with Gasteiger partial charge in [-0.3, -0.25) is 0 Å². The maximum atomic E-state index is 14.0. The van der Waals surface area contributed by atoms with Gasteiger partial charge in [0.1, 0.15) is 0 Å². The van der Waals surface area contributed by atoms with Crippen LogP contribution in [-0.2, 0) is 16.0 Å². The molecule has 1 aromatic heterocycles. The van der Waals surface area contributed by atoms with Gasteiger partial charge in [-0.1, -0.05) is 0 Å². The number of benzene rings is 1. The van der Waals surface area contributed by atoms with E-state index in [1.54, 1.807) is 11.9 Å². The van der Waals surface area contributed by atoms with Crippen molar-refractivity contribution in [3.63, 3.8) is 0 Å². The monoisotopic (exact) mass is 810 g/mol. The number of aliphatic imine (C=N–C) groups is 1. The number of nitrogens with zero attached hydrogens (tertiary/aromatic N) is 3. The summed E-state index contributed by atoms with van der Waals surface area (Å²) in [5.41, 5.74) is 1.34. The van der Waals surface area contributed by atoms with Gasteiger partial charge in [-0.05, 0) is 0 Å². The van der Waals surface area contributed by atoms with Gasteiger partial charge < -0.3 is 0 Å². The summed E-state index contributed by atoms with van der Waals surface area (Å²) in [7, 11) is 1.75. The summed E-state index contributed by atoms with van der Waals surface area (Å²) in [4.78, 5) is 41.2. The average molecular weight is 811 g/mol. The molecule has 1 saturated carbocycles. The summed E-state index contributed by atoms with van der Waals surface area (Å²) < 4.78 is 0.473. The summed E-state index contributed by atoms with van der Waals surface area (Å²) in [5, 5.41) is 35.6. The number of carbonyl (C=O) groups is 2. The van der Waals surface area contributed by atoms with Crippen LogP contribution in [0.1, 0.15) is 90.2 Å². The number of rotatable bonds is 17. The molecule has 2 aromatic rings. The Labute approximate surface area is 313 Å². The number of amides is 2. The fourth-order valence-electron chi connectivity index (χ4n) is 6.53. The number of aliphatic hydroxyl groups is 3. The number of halogens is 1. The minimum atomic E-state index is -1.51. The number of aromatic nitrogens is 1. The molecule has 0 spiro atoms. The Hall–Kier alpha value is -3.24. The zero-order chi connectivity index (χ0) is 36.8. The minimum absolute atomic E-state index is 0.0156. The van der Waals surface area contributed by atoms with Crippen LogP contribution in [0.15, 0.2) is 63.3 Å². The summed E-state index contributed by atoms with van der Waals surface area (Å²) in [6.45, 7) is 4.40. The first-order valence-electron chi connectivity index (χ1n) is 18.3. The number of carbonyl (C=O) groups excluding carboxylic acids is 2. The van der Waals surface area contributed by atoms with Crippen molar-refractivity contribution in [2.24, 2.45) is 16.8 Å². The number of alkyl halides is 1. The van der Waals surface area contributed by atoms with Crippen LogP contribution < -0.4 is 26.2 Å². The van der Waals surface area contributed by atoms with Gasteiger partial charge in [0.25, 0.3) is 0 Å². The van der Waals surface area contributed by atoms with Crippen LogP contribution >= 0.6 is 0 Å². The number of aliphatic hydroxyl groups excluding tert-OH is 3. The van der Waals surface area contributed by atoms with E-state index in [0.29, 0.717) is 37.4 Å². The first-order chi connectivity index (χ1) is 24.5. The predicted molar refractivity (Wildman–Crippen MR) is 198 cm³/mol. The third-order valence-electron chi connectivity index (χ3n) is 9.48. The van der Waals surface area contributed by atoms with Crippen LogP contribution in [-0.4, -0.2) is 84.4 Å². The summed E-state index contributed by atoms with van der Waals surface area (Å²) >= 11 is -0.909. The first kappa shape index (κ1) is 40.5. The molecule has 3 unspecified atom stereocenters. The van der Waals surface area contributed by atoms with Crippen molar-refractivity contribution < 1.29 is 51.1 Å². The average Bonchev–Trinajstić information content (AvgIpc) is 3.13. The SMILES string of the molecule is C#CCC(=[NH+]C(=O)C(CC(=O)N(C)CCc1cc2ccccc2cn1)[I-]C1=CCCC=C1)[C@H](O)N=C(CC1CCCCC1)C(O)C(O)CC(C)C. The van der Waals surface area contributed by atoms with Crippen LogP contribution in [0.4, 0.5) is 0 Å². The van der Waals surface area contributed by atoms with Crippen LogP contribution in [0.5, 0.6) is 0 Å². The number of terminal acetylenes is 1. The normalized spacial score (nSPS) is 18.3. The molecule has 1 heterocycles. The number of pyridine rings is 1. The Kier molecular flexibility index (Phi) is 16.5. The molecule has 4 rings (SSSR count). The molecule has 276 valence electrons. The van der Waals surface area contributed by atoms with E-state index < -0.39 is 43.6 Å². The first-order valence-corrected chi connectivity index (χ1v) is 20.6. The fourth-order valence-corrected chi connectivity index (χ4v) is 9.46. The molecule has 2 aliphatic rings. The van der Waals surface area contributed by atoms with Crippen molar-refractivity contribution in [3.05, 3.63) is 64.0 Å². The van der Waals surface area contributed by atoms with Gasteiger partial charge in [0.2, 0.25) is 0 Å². The summed E-state index contributed by atoms with van der Waals surface area (Å²) in [5.74, 6) is 2.44. The zero-order valence-electron chi connectivity index (χ0n) is 30.3. The zero-order valence-corrected chi connectivity index (χ0v) is 32.5. The molecule has 0 bridgehead atoms. The molecule has 4 atom stereocenters. The van der Waals surface area contributed by atoms with Gasteiger partial charge in [-0.2, -0.15) is 0 Å². The molecule has 9 nitrogen and oxygen atoms in total. The Morgan fingerprint density at radius 3 is 2.55 bits per heavy atom. The van der Waals surface area contributed by atoms with Gasteiger partial charge in [0.15, 0.2) is 0 Å². The molecule has 1 aromatic carbocycles. The Balaban J connectivity index is 1.53. The van der Waals surface area contributed by atoms with Gasteiger partial charge in [-0.25, -0.2) is 0 Å². The number of allylic oxidation sites excluding steroid dienone is 4. The standard InChI is InChI=1S/C41H54IN4O5/c1-5-14-35(41(51)45-36(24-29-15-8-6-9-16-29)39(49)37(47)23-28(2)3)44-40(50)34(42-32-19-10-7-11-20-32)26-38(48)46(4)22-21-33-25-30-17-12-13-18-31(30)27-43-33/h1,10,12-13,17-20,25,27-29,34,37,39,41,47,49,51H,6-9,11,14-16,21-24,26H2,2-4H3/q-1/p+1/t34?,37?,39?,41-/m0/s1. The van der Waals surface area contributed by atoms with Gasteiger partial charge in [0.05, 0.1) is 0 Å². The van der Waals surface area contributed by atoms with Crippen molar-refractivity contribution in [2.45, 2.75) is 113 Å². The second-order valence-corrected chi connectivity index (χ2v) is 17.5. The second kappa shape index (κ2) is 20.7. The van der Waals surface area contributed by atoms with Crippen molar-refractivity contribution in [1.82, 2.24) is 9.88 Å². The van der Waals surface area contributed by atoms with Crippen molar-refractivity contribution in [2.75, 3.05) is 13.6 Å². The topological polar surface area (TPSA) is 137 Å². The third-order valence-corrected chi connectivity index (χ3v) is 12.8. The molecule has 0 saturated heterocycles. The molecule has 1 fully saturated rings. The second-order valence-electron chi connectivity index (χ2n) is 14.2. The molecular formula is C41H55IN4O5. The number of likely N-dealkylation sites (N-methyl/N-ethyl adjacent to an activating group) is 1. The molecule has 4 N–H and O–H groups in total. The molecule has 10 heteroatoms. The number of nitrogens with one attached hydrogen (secondary N) is 1.